The Kier molecular flexibility index (Phi) is 6.57. The first-order chi connectivity index (χ1) is 14.4. The third kappa shape index (κ3) is 4.09. The molecule has 2 aromatic rings. The molecule has 0 spiro atoms. The second-order valence-electron chi connectivity index (χ2n) is 7.43. The minimum absolute atomic E-state index is 0.0786. The first-order valence-corrected chi connectivity index (χ1v) is 10.1. The minimum atomic E-state index is -1.27. The van der Waals surface area contributed by atoms with Crippen molar-refractivity contribution in [3.8, 4) is 5.75 Å². The standard InChI is InChI=1S/C24H26O6/c1-3-17(14-10-12-16(25)13-11-14)19-21(27)22(28)23(30-24(19)29)18(4-2)20(26)15-8-6-5-7-9-15/h5-13,17-18,20,23,25-27H,3-4H2,1-2H3/t17?,18?,20-,23-/m1/s1. The molecule has 2 aromatic carbocycles. The molecule has 0 saturated heterocycles. The molecule has 0 radical (unpaired) electrons. The molecule has 30 heavy (non-hydrogen) atoms. The predicted molar refractivity (Wildman–Crippen MR) is 111 cm³/mol. The summed E-state index contributed by atoms with van der Waals surface area (Å²) in [5.74, 6) is -3.26. The Morgan fingerprint density at radius 1 is 0.900 bits per heavy atom. The Labute approximate surface area is 175 Å². The van der Waals surface area contributed by atoms with Crippen LogP contribution in [0.15, 0.2) is 65.9 Å². The van der Waals surface area contributed by atoms with Crippen molar-refractivity contribution in [1.82, 2.24) is 0 Å². The zero-order valence-electron chi connectivity index (χ0n) is 17.0. The smallest absolute Gasteiger partial charge is 0.339 e. The maximum atomic E-state index is 13.0. The van der Waals surface area contributed by atoms with Crippen LogP contribution in [-0.4, -0.2) is 33.2 Å². The molecule has 0 amide bonds. The molecule has 1 aliphatic rings. The number of aliphatic hydroxyl groups is 2. The highest BCUT2D eigenvalue weighted by atomic mass is 16.6. The summed E-state index contributed by atoms with van der Waals surface area (Å²) < 4.78 is 5.49. The second kappa shape index (κ2) is 9.13. The van der Waals surface area contributed by atoms with E-state index in [1.165, 1.54) is 12.1 Å². The molecule has 3 N–H and O–H groups in total. The molecule has 0 saturated carbocycles. The van der Waals surface area contributed by atoms with Crippen LogP contribution in [0.25, 0.3) is 0 Å². The molecular weight excluding hydrogens is 384 g/mol. The Hall–Kier alpha value is -3.12. The van der Waals surface area contributed by atoms with E-state index in [4.69, 9.17) is 4.74 Å². The zero-order chi connectivity index (χ0) is 21.8. The summed E-state index contributed by atoms with van der Waals surface area (Å²) in [5, 5.41) is 31.0. The Balaban J connectivity index is 1.94. The van der Waals surface area contributed by atoms with Gasteiger partial charge >= 0.3 is 5.97 Å². The van der Waals surface area contributed by atoms with Gasteiger partial charge in [-0.25, -0.2) is 4.79 Å². The number of carbonyl (C=O) groups is 2. The summed E-state index contributed by atoms with van der Waals surface area (Å²) in [5.41, 5.74) is 1.20. The van der Waals surface area contributed by atoms with E-state index < -0.39 is 41.6 Å². The number of aliphatic hydroxyl groups excluding tert-OH is 2. The van der Waals surface area contributed by atoms with Crippen molar-refractivity contribution in [2.24, 2.45) is 5.92 Å². The summed E-state index contributed by atoms with van der Waals surface area (Å²) >= 11 is 0. The van der Waals surface area contributed by atoms with Crippen LogP contribution in [0.1, 0.15) is 49.8 Å². The van der Waals surface area contributed by atoms with Crippen LogP contribution in [-0.2, 0) is 14.3 Å². The number of carbonyl (C=O) groups excluding carboxylic acids is 2. The number of benzene rings is 2. The molecule has 0 aliphatic carbocycles. The average molecular weight is 410 g/mol. The van der Waals surface area contributed by atoms with Gasteiger partial charge in [0.2, 0.25) is 5.78 Å². The summed E-state index contributed by atoms with van der Waals surface area (Å²) in [4.78, 5) is 25.8. The van der Waals surface area contributed by atoms with Crippen LogP contribution in [0.2, 0.25) is 0 Å². The summed E-state index contributed by atoms with van der Waals surface area (Å²) in [6, 6.07) is 15.1. The fourth-order valence-electron chi connectivity index (χ4n) is 4.00. The fourth-order valence-corrected chi connectivity index (χ4v) is 4.00. The van der Waals surface area contributed by atoms with Crippen molar-refractivity contribution < 1.29 is 29.6 Å². The lowest BCUT2D eigenvalue weighted by atomic mass is 9.81. The molecule has 4 atom stereocenters. The molecule has 1 heterocycles. The van der Waals surface area contributed by atoms with E-state index in [0.29, 0.717) is 24.0 Å². The highest BCUT2D eigenvalue weighted by Crippen LogP contribution is 2.38. The van der Waals surface area contributed by atoms with Crippen LogP contribution < -0.4 is 0 Å². The number of ketones is 1. The van der Waals surface area contributed by atoms with Crippen molar-refractivity contribution in [3.63, 3.8) is 0 Å². The first kappa shape index (κ1) is 21.6. The molecule has 1 aliphatic heterocycles. The third-order valence-electron chi connectivity index (χ3n) is 5.66. The predicted octanol–water partition coefficient (Wildman–Crippen LogP) is 3.95. The Morgan fingerprint density at radius 3 is 2.10 bits per heavy atom. The fraction of sp³-hybridized carbons (Fsp3) is 0.333. The van der Waals surface area contributed by atoms with E-state index >= 15 is 0 Å². The maximum absolute atomic E-state index is 13.0. The SMILES string of the molecule is CCC(C1=C(O)C(=O)[C@@H](C(CC)[C@H](O)c2ccccc2)OC1=O)c1ccc(O)cc1. The molecule has 0 bridgehead atoms. The van der Waals surface area contributed by atoms with Crippen LogP contribution in [0.4, 0.5) is 0 Å². The van der Waals surface area contributed by atoms with Gasteiger partial charge in [0.25, 0.3) is 0 Å². The first-order valence-electron chi connectivity index (χ1n) is 10.1. The topological polar surface area (TPSA) is 104 Å². The van der Waals surface area contributed by atoms with Crippen molar-refractivity contribution >= 4 is 11.8 Å². The number of hydrogen-bond acceptors (Lipinski definition) is 6. The largest absolute Gasteiger partial charge is 0.508 e. The monoisotopic (exact) mass is 410 g/mol. The van der Waals surface area contributed by atoms with Gasteiger partial charge < -0.3 is 20.1 Å². The highest BCUT2D eigenvalue weighted by molar-refractivity contribution is 6.09. The Bertz CT molecular complexity index is 932. The number of rotatable bonds is 7. The van der Waals surface area contributed by atoms with Crippen LogP contribution in [0.3, 0.4) is 0 Å². The molecule has 158 valence electrons. The number of Topliss-reactive ketones (excluding diaryl/α,β-unsaturated/α-hetero) is 1. The summed E-state index contributed by atoms with van der Waals surface area (Å²) in [7, 11) is 0. The van der Waals surface area contributed by atoms with E-state index in [-0.39, 0.29) is 11.3 Å². The van der Waals surface area contributed by atoms with Gasteiger partial charge in [0, 0.05) is 11.8 Å². The zero-order valence-corrected chi connectivity index (χ0v) is 17.0. The lowest BCUT2D eigenvalue weighted by molar-refractivity contribution is -0.161. The molecule has 2 unspecified atom stereocenters. The molecule has 6 nitrogen and oxygen atoms in total. The van der Waals surface area contributed by atoms with Crippen LogP contribution >= 0.6 is 0 Å². The number of phenolic OH excluding ortho intramolecular Hbond substituents is 1. The van der Waals surface area contributed by atoms with E-state index in [2.05, 4.69) is 0 Å². The minimum Gasteiger partial charge on any atom is -0.508 e. The van der Waals surface area contributed by atoms with E-state index in [1.807, 2.05) is 13.0 Å². The van der Waals surface area contributed by atoms with Gasteiger partial charge in [-0.2, -0.15) is 0 Å². The van der Waals surface area contributed by atoms with Gasteiger partial charge in [0.1, 0.15) is 5.75 Å². The van der Waals surface area contributed by atoms with E-state index in [9.17, 15) is 24.9 Å². The summed E-state index contributed by atoms with van der Waals surface area (Å²) in [6.45, 7) is 3.62. The normalized spacial score (nSPS) is 19.9. The van der Waals surface area contributed by atoms with Crippen molar-refractivity contribution in [3.05, 3.63) is 77.1 Å². The highest BCUT2D eigenvalue weighted by Gasteiger charge is 2.45. The number of hydrogen-bond donors (Lipinski definition) is 3. The van der Waals surface area contributed by atoms with Gasteiger partial charge in [-0.3, -0.25) is 4.79 Å². The lowest BCUT2D eigenvalue weighted by Gasteiger charge is -2.33. The van der Waals surface area contributed by atoms with Crippen molar-refractivity contribution in [1.29, 1.82) is 0 Å². The van der Waals surface area contributed by atoms with Gasteiger partial charge in [-0.15, -0.1) is 0 Å². The average Bonchev–Trinajstić information content (AvgIpc) is 2.76. The number of cyclic esters (lactones) is 1. The lowest BCUT2D eigenvalue weighted by Crippen LogP contribution is -2.43. The quantitative estimate of drug-likeness (QED) is 0.597. The molecule has 0 fully saturated rings. The maximum Gasteiger partial charge on any atom is 0.339 e. The number of aromatic hydroxyl groups is 1. The van der Waals surface area contributed by atoms with E-state index in [1.54, 1.807) is 43.3 Å². The van der Waals surface area contributed by atoms with Crippen molar-refractivity contribution in [2.45, 2.75) is 44.8 Å². The van der Waals surface area contributed by atoms with Crippen LogP contribution in [0.5, 0.6) is 5.75 Å². The van der Waals surface area contributed by atoms with Gasteiger partial charge in [-0.05, 0) is 36.1 Å². The number of esters is 1. The molecule has 0 aromatic heterocycles. The number of ether oxygens (including phenoxy) is 1. The number of phenols is 1. The van der Waals surface area contributed by atoms with E-state index in [0.717, 1.165) is 0 Å². The molecular formula is C24H26O6. The van der Waals surface area contributed by atoms with Crippen molar-refractivity contribution in [2.75, 3.05) is 0 Å². The Morgan fingerprint density at radius 2 is 1.53 bits per heavy atom. The van der Waals surface area contributed by atoms with Crippen LogP contribution in [0, 0.1) is 5.92 Å². The van der Waals surface area contributed by atoms with Gasteiger partial charge in [0.05, 0.1) is 11.7 Å². The summed E-state index contributed by atoms with van der Waals surface area (Å²) in [6.07, 6.45) is -1.47. The second-order valence-corrected chi connectivity index (χ2v) is 7.43. The van der Waals surface area contributed by atoms with Gasteiger partial charge in [-0.1, -0.05) is 56.3 Å². The third-order valence-corrected chi connectivity index (χ3v) is 5.66. The molecule has 3 rings (SSSR count). The molecule has 6 heteroatoms. The van der Waals surface area contributed by atoms with Gasteiger partial charge in [0.15, 0.2) is 11.9 Å².